The van der Waals surface area contributed by atoms with E-state index in [1.807, 2.05) is 81.4 Å². The summed E-state index contributed by atoms with van der Waals surface area (Å²) in [5.41, 5.74) is 5.36. The van der Waals surface area contributed by atoms with Crippen molar-refractivity contribution in [3.05, 3.63) is 119 Å². The number of carbonyl (C=O) groups is 1. The average molecular weight is 517 g/mol. The van der Waals surface area contributed by atoms with Gasteiger partial charge in [0, 0.05) is 16.3 Å². The smallest absolute Gasteiger partial charge is 0.261 e. The monoisotopic (exact) mass is 516 g/mol. The highest BCUT2D eigenvalue weighted by atomic mass is 32.2. The molecular formula is C29H28N2O3S2. The Bertz CT molecular complexity index is 1450. The van der Waals surface area contributed by atoms with E-state index >= 15 is 0 Å². The third kappa shape index (κ3) is 6.36. The van der Waals surface area contributed by atoms with Gasteiger partial charge in [0.2, 0.25) is 5.91 Å². The summed E-state index contributed by atoms with van der Waals surface area (Å²) in [6.07, 6.45) is 0. The van der Waals surface area contributed by atoms with E-state index in [0.29, 0.717) is 5.69 Å². The first-order chi connectivity index (χ1) is 17.2. The molecule has 0 heterocycles. The molecule has 0 aliphatic carbocycles. The Morgan fingerprint density at radius 2 is 1.39 bits per heavy atom. The van der Waals surface area contributed by atoms with Crippen LogP contribution in [0.25, 0.3) is 0 Å². The SMILES string of the molecule is Cc1ccc(S(=O)(=O)Nc2ccc(SC(C(=O)Nc3ccc(C)c(C)c3)c3ccccc3)cc2)cc1. The second-order valence-corrected chi connectivity index (χ2v) is 11.5. The molecule has 36 heavy (non-hydrogen) atoms. The third-order valence-corrected chi connectivity index (χ3v) is 8.47. The molecule has 1 amide bonds. The van der Waals surface area contributed by atoms with Crippen molar-refractivity contribution in [2.45, 2.75) is 35.8 Å². The van der Waals surface area contributed by atoms with Crippen molar-refractivity contribution < 1.29 is 13.2 Å². The van der Waals surface area contributed by atoms with Crippen LogP contribution in [0, 0.1) is 20.8 Å². The molecule has 0 aliphatic rings. The Labute approximate surface area is 217 Å². The summed E-state index contributed by atoms with van der Waals surface area (Å²) in [6.45, 7) is 5.96. The molecule has 0 bridgehead atoms. The zero-order valence-electron chi connectivity index (χ0n) is 20.4. The minimum absolute atomic E-state index is 0.126. The van der Waals surface area contributed by atoms with Crippen molar-refractivity contribution in [2.75, 3.05) is 10.0 Å². The van der Waals surface area contributed by atoms with E-state index in [1.165, 1.54) is 17.3 Å². The average Bonchev–Trinajstić information content (AvgIpc) is 2.86. The van der Waals surface area contributed by atoms with E-state index < -0.39 is 15.3 Å². The summed E-state index contributed by atoms with van der Waals surface area (Å²) in [5.74, 6) is -0.126. The van der Waals surface area contributed by atoms with Gasteiger partial charge in [0.05, 0.1) is 4.90 Å². The van der Waals surface area contributed by atoms with Crippen LogP contribution in [-0.2, 0) is 14.8 Å². The molecule has 184 valence electrons. The zero-order chi connectivity index (χ0) is 25.7. The van der Waals surface area contributed by atoms with Crippen LogP contribution >= 0.6 is 11.8 Å². The zero-order valence-corrected chi connectivity index (χ0v) is 22.0. The molecule has 0 radical (unpaired) electrons. The van der Waals surface area contributed by atoms with Gasteiger partial charge in [0.15, 0.2) is 0 Å². The summed E-state index contributed by atoms with van der Waals surface area (Å²) in [4.78, 5) is 14.4. The quantitative estimate of drug-likeness (QED) is 0.250. The predicted octanol–water partition coefficient (Wildman–Crippen LogP) is 6.88. The summed E-state index contributed by atoms with van der Waals surface area (Å²) in [7, 11) is -3.68. The van der Waals surface area contributed by atoms with Crippen LogP contribution in [-0.4, -0.2) is 14.3 Å². The number of sulfonamides is 1. The number of nitrogens with one attached hydrogen (secondary N) is 2. The molecule has 0 saturated carbocycles. The highest BCUT2D eigenvalue weighted by Gasteiger charge is 2.22. The lowest BCUT2D eigenvalue weighted by Crippen LogP contribution is -2.19. The highest BCUT2D eigenvalue weighted by molar-refractivity contribution is 8.00. The first-order valence-electron chi connectivity index (χ1n) is 11.5. The maximum absolute atomic E-state index is 13.3. The first kappa shape index (κ1) is 25.5. The molecule has 4 rings (SSSR count). The van der Waals surface area contributed by atoms with E-state index in [0.717, 1.165) is 27.3 Å². The topological polar surface area (TPSA) is 75.3 Å². The van der Waals surface area contributed by atoms with Crippen molar-refractivity contribution in [1.82, 2.24) is 0 Å². The van der Waals surface area contributed by atoms with Crippen LogP contribution in [0.1, 0.15) is 27.5 Å². The standard InChI is InChI=1S/C29H28N2O3S2/c1-20-9-17-27(18-10-20)36(33,34)31-24-13-15-26(16-14-24)35-28(23-7-5-4-6-8-23)29(32)30-25-12-11-21(2)22(3)19-25/h4-19,28,31H,1-3H3,(H,30,32). The number of benzene rings is 4. The number of carbonyl (C=O) groups excluding carboxylic acids is 1. The van der Waals surface area contributed by atoms with E-state index in [4.69, 9.17) is 0 Å². The van der Waals surface area contributed by atoms with Crippen LogP contribution in [0.2, 0.25) is 0 Å². The second kappa shape index (κ2) is 11.0. The molecule has 2 N–H and O–H groups in total. The maximum Gasteiger partial charge on any atom is 0.261 e. The van der Waals surface area contributed by atoms with Gasteiger partial charge in [0.1, 0.15) is 5.25 Å². The number of aryl methyl sites for hydroxylation is 3. The Kier molecular flexibility index (Phi) is 7.82. The van der Waals surface area contributed by atoms with Crippen LogP contribution in [0.3, 0.4) is 0 Å². The van der Waals surface area contributed by atoms with Gasteiger partial charge in [-0.2, -0.15) is 0 Å². The van der Waals surface area contributed by atoms with Crippen LogP contribution < -0.4 is 10.0 Å². The molecule has 1 atom stereocenters. The Morgan fingerprint density at radius 3 is 2.03 bits per heavy atom. The van der Waals surface area contributed by atoms with Gasteiger partial charge in [-0.25, -0.2) is 8.42 Å². The molecule has 0 spiro atoms. The molecule has 0 fully saturated rings. The minimum atomic E-state index is -3.68. The van der Waals surface area contributed by atoms with Crippen molar-refractivity contribution in [3.63, 3.8) is 0 Å². The summed E-state index contributed by atoms with van der Waals surface area (Å²) >= 11 is 1.41. The largest absolute Gasteiger partial charge is 0.325 e. The molecule has 7 heteroatoms. The van der Waals surface area contributed by atoms with Gasteiger partial charge in [0.25, 0.3) is 10.0 Å². The minimum Gasteiger partial charge on any atom is -0.325 e. The number of thioether (sulfide) groups is 1. The summed E-state index contributed by atoms with van der Waals surface area (Å²) in [5, 5.41) is 2.56. The maximum atomic E-state index is 13.3. The third-order valence-electron chi connectivity index (χ3n) is 5.81. The van der Waals surface area contributed by atoms with Crippen LogP contribution in [0.4, 0.5) is 11.4 Å². The lowest BCUT2D eigenvalue weighted by molar-refractivity contribution is -0.115. The van der Waals surface area contributed by atoms with Crippen molar-refractivity contribution >= 4 is 39.1 Å². The molecule has 0 aromatic heterocycles. The molecule has 0 aliphatic heterocycles. The molecule has 4 aromatic carbocycles. The van der Waals surface area contributed by atoms with Crippen molar-refractivity contribution in [2.24, 2.45) is 0 Å². The first-order valence-corrected chi connectivity index (χ1v) is 13.9. The Balaban J connectivity index is 1.51. The number of rotatable bonds is 8. The molecular weight excluding hydrogens is 488 g/mol. The fourth-order valence-electron chi connectivity index (χ4n) is 3.60. The van der Waals surface area contributed by atoms with E-state index in [-0.39, 0.29) is 10.8 Å². The van der Waals surface area contributed by atoms with E-state index in [2.05, 4.69) is 10.0 Å². The van der Waals surface area contributed by atoms with Gasteiger partial charge in [-0.3, -0.25) is 9.52 Å². The fraction of sp³-hybridized carbons (Fsp3) is 0.138. The lowest BCUT2D eigenvalue weighted by Gasteiger charge is -2.18. The highest BCUT2D eigenvalue weighted by Crippen LogP contribution is 2.37. The van der Waals surface area contributed by atoms with E-state index in [9.17, 15) is 13.2 Å². The number of anilines is 2. The molecule has 5 nitrogen and oxygen atoms in total. The van der Waals surface area contributed by atoms with Gasteiger partial charge >= 0.3 is 0 Å². The number of amides is 1. The summed E-state index contributed by atoms with van der Waals surface area (Å²) in [6, 6.07) is 29.2. The number of hydrogen-bond donors (Lipinski definition) is 2. The Morgan fingerprint density at radius 1 is 0.750 bits per heavy atom. The van der Waals surface area contributed by atoms with Gasteiger partial charge < -0.3 is 5.32 Å². The fourth-order valence-corrected chi connectivity index (χ4v) is 5.68. The van der Waals surface area contributed by atoms with Crippen molar-refractivity contribution in [1.29, 1.82) is 0 Å². The van der Waals surface area contributed by atoms with Gasteiger partial charge in [-0.1, -0.05) is 54.1 Å². The second-order valence-electron chi connectivity index (χ2n) is 8.64. The van der Waals surface area contributed by atoms with Crippen LogP contribution in [0.5, 0.6) is 0 Å². The van der Waals surface area contributed by atoms with Gasteiger partial charge in [-0.15, -0.1) is 11.8 Å². The molecule has 0 saturated heterocycles. The lowest BCUT2D eigenvalue weighted by atomic mass is 10.1. The normalized spacial score (nSPS) is 12.1. The van der Waals surface area contributed by atoms with E-state index in [1.54, 1.807) is 36.4 Å². The summed E-state index contributed by atoms with van der Waals surface area (Å²) < 4.78 is 28.0. The molecule has 4 aromatic rings. The molecule has 1 unspecified atom stereocenters. The Hall–Kier alpha value is -3.55. The predicted molar refractivity (Wildman–Crippen MR) is 148 cm³/mol. The number of hydrogen-bond acceptors (Lipinski definition) is 4. The van der Waals surface area contributed by atoms with Crippen molar-refractivity contribution in [3.8, 4) is 0 Å². The van der Waals surface area contributed by atoms with Gasteiger partial charge in [-0.05, 0) is 86.0 Å². The van der Waals surface area contributed by atoms with Crippen LogP contribution in [0.15, 0.2) is 107 Å².